The van der Waals surface area contributed by atoms with Gasteiger partial charge < -0.3 is 35.1 Å². The third-order valence-electron chi connectivity index (χ3n) is 5.37. The van der Waals surface area contributed by atoms with Crippen molar-refractivity contribution in [2.24, 2.45) is 5.10 Å². The Morgan fingerprint density at radius 2 is 2.05 bits per heavy atom. The van der Waals surface area contributed by atoms with Crippen molar-refractivity contribution in [3.63, 3.8) is 0 Å². The van der Waals surface area contributed by atoms with Crippen molar-refractivity contribution in [2.45, 2.75) is 26.1 Å². The lowest BCUT2D eigenvalue weighted by atomic mass is 9.95. The number of amides is 2. The summed E-state index contributed by atoms with van der Waals surface area (Å²) in [4.78, 5) is 34.8. The number of methoxy groups -OCH3 is 1. The fraction of sp³-hybridized carbons (Fsp3) is 0.292. The fourth-order valence-corrected chi connectivity index (χ4v) is 4.11. The second-order valence-electron chi connectivity index (χ2n) is 8.04. The van der Waals surface area contributed by atoms with Crippen LogP contribution in [0.4, 0.5) is 10.5 Å². The number of phenols is 1. The first-order chi connectivity index (χ1) is 18.5. The number of urea groups is 1. The summed E-state index contributed by atoms with van der Waals surface area (Å²) in [6, 6.07) is 6.08. The third-order valence-corrected chi connectivity index (χ3v) is 5.98. The molecule has 0 aromatic heterocycles. The zero-order valence-electron chi connectivity index (χ0n) is 21.1. The van der Waals surface area contributed by atoms with Gasteiger partial charge in [-0.25, -0.2) is 9.59 Å². The van der Waals surface area contributed by atoms with Gasteiger partial charge in [0.1, 0.15) is 6.61 Å². The normalized spacial score (nSPS) is 15.8. The molecular formula is C24H26BrN5O9. The summed E-state index contributed by atoms with van der Waals surface area (Å²) in [5.41, 5.74) is 3.35. The maximum absolute atomic E-state index is 12.4. The van der Waals surface area contributed by atoms with Crippen LogP contribution >= 0.6 is 15.9 Å². The summed E-state index contributed by atoms with van der Waals surface area (Å²) in [5.74, 6) is -0.525. The predicted octanol–water partition coefficient (Wildman–Crippen LogP) is 2.58. The summed E-state index contributed by atoms with van der Waals surface area (Å²) in [5, 5.41) is 40.1. The van der Waals surface area contributed by atoms with Gasteiger partial charge in [0.05, 0.1) is 40.9 Å². The Labute approximate surface area is 230 Å². The van der Waals surface area contributed by atoms with Gasteiger partial charge in [-0.2, -0.15) is 5.10 Å². The van der Waals surface area contributed by atoms with Gasteiger partial charge in [-0.15, -0.1) is 0 Å². The minimum absolute atomic E-state index is 0.113. The van der Waals surface area contributed by atoms with Crippen molar-refractivity contribution in [2.75, 3.05) is 20.3 Å². The molecule has 1 aliphatic heterocycles. The zero-order chi connectivity index (χ0) is 28.7. The van der Waals surface area contributed by atoms with Crippen LogP contribution in [-0.4, -0.2) is 59.9 Å². The molecule has 2 amide bonds. The van der Waals surface area contributed by atoms with E-state index in [0.717, 1.165) is 6.07 Å². The number of phenolic OH excluding ortho intramolecular Hbond substituents is 1. The van der Waals surface area contributed by atoms with Gasteiger partial charge in [0.15, 0.2) is 17.7 Å². The lowest BCUT2D eigenvalue weighted by Gasteiger charge is -2.28. The molecule has 0 spiro atoms. The number of carbonyl (C=O) groups is 2. The molecule has 14 nitrogen and oxygen atoms in total. The van der Waals surface area contributed by atoms with E-state index in [1.165, 1.54) is 19.4 Å². The standard InChI is InChI=1S/C24H26BrN5O9/c1-4-38-18-9-14(21-20(23(33)37-3)12(2)27-24(34)28-21)5-6-17(18)39-11-19(31)29-26-10-13-7-15(25)22(32)16(8-13)30(35)36/h5-10,19,21,29,31-32H,4,11H2,1-3H3,(H2,27,28,34)/b26-10-/t19-,21-/m1/s1. The number of benzene rings is 2. The molecule has 39 heavy (non-hydrogen) atoms. The Balaban J connectivity index is 1.71. The van der Waals surface area contributed by atoms with Gasteiger partial charge in [-0.05, 0) is 53.5 Å². The highest BCUT2D eigenvalue weighted by Gasteiger charge is 2.32. The number of aliphatic hydroxyl groups excluding tert-OH is 1. The van der Waals surface area contributed by atoms with Crippen LogP contribution in [0, 0.1) is 10.1 Å². The first-order valence-electron chi connectivity index (χ1n) is 11.4. The molecule has 5 N–H and O–H groups in total. The average Bonchev–Trinajstić information content (AvgIpc) is 2.89. The van der Waals surface area contributed by atoms with E-state index in [0.29, 0.717) is 22.6 Å². The topological polar surface area (TPSA) is 194 Å². The first kappa shape index (κ1) is 29.2. The number of allylic oxidation sites excluding steroid dienone is 1. The quantitative estimate of drug-likeness (QED) is 0.0832. The van der Waals surface area contributed by atoms with E-state index in [1.807, 2.05) is 0 Å². The summed E-state index contributed by atoms with van der Waals surface area (Å²) in [6.45, 7) is 3.39. The molecule has 0 saturated heterocycles. The lowest BCUT2D eigenvalue weighted by molar-refractivity contribution is -0.386. The maximum atomic E-state index is 12.4. The Morgan fingerprint density at radius 1 is 1.31 bits per heavy atom. The number of nitro benzene ring substituents is 1. The van der Waals surface area contributed by atoms with Gasteiger partial charge in [0, 0.05) is 17.3 Å². The number of hydrogen-bond donors (Lipinski definition) is 5. The molecule has 2 atom stereocenters. The summed E-state index contributed by atoms with van der Waals surface area (Å²) in [7, 11) is 1.25. The minimum Gasteiger partial charge on any atom is -0.501 e. The highest BCUT2D eigenvalue weighted by atomic mass is 79.9. The smallest absolute Gasteiger partial charge is 0.337 e. The molecule has 0 radical (unpaired) electrons. The third kappa shape index (κ3) is 7.14. The van der Waals surface area contributed by atoms with Gasteiger partial charge >= 0.3 is 17.7 Å². The molecule has 0 aliphatic carbocycles. The van der Waals surface area contributed by atoms with Crippen LogP contribution in [0.2, 0.25) is 0 Å². The van der Waals surface area contributed by atoms with Crippen LogP contribution in [0.5, 0.6) is 17.2 Å². The highest BCUT2D eigenvalue weighted by Crippen LogP contribution is 2.36. The second-order valence-corrected chi connectivity index (χ2v) is 8.90. The average molecular weight is 608 g/mol. The van der Waals surface area contributed by atoms with E-state index in [9.17, 15) is 29.9 Å². The van der Waals surface area contributed by atoms with E-state index in [4.69, 9.17) is 14.2 Å². The van der Waals surface area contributed by atoms with Crippen LogP contribution in [0.25, 0.3) is 0 Å². The number of halogens is 1. The van der Waals surface area contributed by atoms with E-state index in [2.05, 4.69) is 37.1 Å². The van der Waals surface area contributed by atoms with Crippen molar-refractivity contribution in [1.82, 2.24) is 16.1 Å². The number of esters is 1. The zero-order valence-corrected chi connectivity index (χ0v) is 22.6. The lowest BCUT2D eigenvalue weighted by Crippen LogP contribution is -2.45. The monoisotopic (exact) mass is 607 g/mol. The number of ether oxygens (including phenoxy) is 3. The fourth-order valence-electron chi connectivity index (χ4n) is 3.64. The molecule has 2 aromatic carbocycles. The SMILES string of the molecule is CCOc1cc([C@H]2NC(=O)NC(C)=C2C(=O)OC)ccc1OC[C@@H](O)N/N=C\c1cc(Br)c(O)c([N+](=O)[O-])c1. The molecular weight excluding hydrogens is 582 g/mol. The number of aromatic hydroxyl groups is 1. The van der Waals surface area contributed by atoms with Gasteiger partial charge in [0.2, 0.25) is 5.75 Å². The van der Waals surface area contributed by atoms with Gasteiger partial charge in [-0.1, -0.05) is 6.07 Å². The maximum Gasteiger partial charge on any atom is 0.337 e. The second kappa shape index (κ2) is 12.9. The highest BCUT2D eigenvalue weighted by molar-refractivity contribution is 9.10. The van der Waals surface area contributed by atoms with E-state index in [-0.39, 0.29) is 29.0 Å². The molecule has 2 aromatic rings. The Bertz CT molecular complexity index is 1330. The molecule has 0 bridgehead atoms. The summed E-state index contributed by atoms with van der Waals surface area (Å²) in [6.07, 6.45) is -0.0473. The van der Waals surface area contributed by atoms with Gasteiger partial charge in [-0.3, -0.25) is 15.5 Å². The van der Waals surface area contributed by atoms with Crippen LogP contribution < -0.4 is 25.5 Å². The number of aliphatic hydroxyl groups is 1. The molecule has 1 aliphatic rings. The van der Waals surface area contributed by atoms with Crippen LogP contribution in [0.15, 0.2) is 51.2 Å². The molecule has 3 rings (SSSR count). The Kier molecular flexibility index (Phi) is 9.68. The molecule has 0 unspecified atom stereocenters. The van der Waals surface area contributed by atoms with E-state index in [1.54, 1.807) is 32.0 Å². The number of hydrogen-bond acceptors (Lipinski definition) is 11. The number of nitrogens with zero attached hydrogens (tertiary/aromatic N) is 2. The first-order valence-corrected chi connectivity index (χ1v) is 12.2. The van der Waals surface area contributed by atoms with Crippen molar-refractivity contribution in [1.29, 1.82) is 0 Å². The Morgan fingerprint density at radius 3 is 2.72 bits per heavy atom. The van der Waals surface area contributed by atoms with Crippen molar-refractivity contribution >= 4 is 39.8 Å². The molecule has 0 saturated carbocycles. The van der Waals surface area contributed by atoms with E-state index < -0.39 is 40.6 Å². The molecule has 15 heteroatoms. The number of hydrazone groups is 1. The van der Waals surface area contributed by atoms with Crippen molar-refractivity contribution in [3.05, 3.63) is 67.3 Å². The Hall–Kier alpha value is -4.37. The summed E-state index contributed by atoms with van der Waals surface area (Å²) >= 11 is 3.04. The number of carbonyl (C=O) groups excluding carboxylic acids is 2. The number of rotatable bonds is 11. The van der Waals surface area contributed by atoms with Gasteiger partial charge in [0.25, 0.3) is 0 Å². The van der Waals surface area contributed by atoms with Crippen LogP contribution in [0.1, 0.15) is 31.0 Å². The molecule has 208 valence electrons. The van der Waals surface area contributed by atoms with Crippen molar-refractivity contribution < 1.29 is 38.9 Å². The van der Waals surface area contributed by atoms with Crippen molar-refractivity contribution in [3.8, 4) is 17.2 Å². The number of nitrogens with one attached hydrogen (secondary N) is 3. The molecule has 0 fully saturated rings. The number of nitro groups is 1. The summed E-state index contributed by atoms with van der Waals surface area (Å²) < 4.78 is 16.3. The van der Waals surface area contributed by atoms with Crippen LogP contribution in [-0.2, 0) is 9.53 Å². The molecule has 1 heterocycles. The van der Waals surface area contributed by atoms with E-state index >= 15 is 0 Å². The predicted molar refractivity (Wildman–Crippen MR) is 141 cm³/mol. The largest absolute Gasteiger partial charge is 0.501 e. The van der Waals surface area contributed by atoms with Crippen LogP contribution in [0.3, 0.4) is 0 Å². The minimum atomic E-state index is -1.27.